The second-order valence-electron chi connectivity index (χ2n) is 4.60. The zero-order valence-corrected chi connectivity index (χ0v) is 13.5. The zero-order chi connectivity index (χ0) is 13.9. The first kappa shape index (κ1) is 15.1. The van der Waals surface area contributed by atoms with Gasteiger partial charge < -0.3 is 5.32 Å². The van der Waals surface area contributed by atoms with Gasteiger partial charge in [0.25, 0.3) is 0 Å². The molecule has 2 rings (SSSR count). The van der Waals surface area contributed by atoms with Crippen molar-refractivity contribution >= 4 is 43.2 Å². The van der Waals surface area contributed by atoms with Crippen molar-refractivity contribution in [2.75, 3.05) is 17.0 Å². The minimum absolute atomic E-state index is 0.103. The van der Waals surface area contributed by atoms with E-state index >= 15 is 0 Å². The molecular formula is C12H16BrClN2O2S. The van der Waals surface area contributed by atoms with Gasteiger partial charge in [0.05, 0.1) is 20.9 Å². The number of rotatable bonds is 7. The van der Waals surface area contributed by atoms with E-state index < -0.39 is 10.0 Å². The van der Waals surface area contributed by atoms with E-state index in [1.54, 1.807) is 18.2 Å². The first-order chi connectivity index (χ1) is 8.98. The van der Waals surface area contributed by atoms with Crippen molar-refractivity contribution in [1.82, 2.24) is 5.32 Å². The lowest BCUT2D eigenvalue weighted by atomic mass is 10.3. The van der Waals surface area contributed by atoms with Crippen LogP contribution in [0.1, 0.15) is 19.3 Å². The van der Waals surface area contributed by atoms with Gasteiger partial charge in [-0.3, -0.25) is 4.72 Å². The van der Waals surface area contributed by atoms with Gasteiger partial charge in [-0.1, -0.05) is 17.7 Å². The first-order valence-electron chi connectivity index (χ1n) is 6.16. The van der Waals surface area contributed by atoms with E-state index in [0.29, 0.717) is 27.6 Å². The number of benzene rings is 1. The molecule has 106 valence electrons. The Morgan fingerprint density at radius 1 is 1.37 bits per heavy atom. The Hall–Kier alpha value is -0.300. The number of anilines is 1. The van der Waals surface area contributed by atoms with Crippen LogP contribution in [0.5, 0.6) is 0 Å². The molecule has 1 aromatic carbocycles. The molecule has 0 amide bonds. The topological polar surface area (TPSA) is 58.2 Å². The second-order valence-corrected chi connectivity index (χ2v) is 7.65. The van der Waals surface area contributed by atoms with Crippen LogP contribution in [0, 0.1) is 0 Å². The molecule has 0 spiro atoms. The molecule has 0 heterocycles. The zero-order valence-electron chi connectivity index (χ0n) is 10.3. The van der Waals surface area contributed by atoms with Gasteiger partial charge in [-0.25, -0.2) is 8.42 Å². The summed E-state index contributed by atoms with van der Waals surface area (Å²) >= 11 is 9.19. The summed E-state index contributed by atoms with van der Waals surface area (Å²) in [5, 5.41) is 3.77. The lowest BCUT2D eigenvalue weighted by molar-refractivity contribution is 0.593. The molecule has 1 fully saturated rings. The Balaban J connectivity index is 1.86. The first-order valence-corrected chi connectivity index (χ1v) is 8.98. The fraction of sp³-hybridized carbons (Fsp3) is 0.500. The van der Waals surface area contributed by atoms with Crippen LogP contribution in [0.4, 0.5) is 5.69 Å². The number of hydrogen-bond acceptors (Lipinski definition) is 3. The highest BCUT2D eigenvalue weighted by molar-refractivity contribution is 9.10. The summed E-state index contributed by atoms with van der Waals surface area (Å²) in [6, 6.07) is 5.69. The number of sulfonamides is 1. The summed E-state index contributed by atoms with van der Waals surface area (Å²) in [4.78, 5) is 0. The standard InChI is InChI=1S/C12H16BrClN2O2S/c13-12-10(14)3-1-4-11(12)16-19(17,18)8-2-7-15-9-5-6-9/h1,3-4,9,15-16H,2,5-8H2. The summed E-state index contributed by atoms with van der Waals surface area (Å²) in [5.74, 6) is 0.103. The SMILES string of the molecule is O=S(=O)(CCCNC1CC1)Nc1cccc(Cl)c1Br. The van der Waals surface area contributed by atoms with Crippen LogP contribution < -0.4 is 10.0 Å². The molecular weight excluding hydrogens is 352 g/mol. The Bertz CT molecular complexity index is 547. The van der Waals surface area contributed by atoms with Crippen molar-refractivity contribution in [2.24, 2.45) is 0 Å². The molecule has 0 bridgehead atoms. The fourth-order valence-electron chi connectivity index (χ4n) is 1.66. The van der Waals surface area contributed by atoms with E-state index in [9.17, 15) is 8.42 Å². The molecule has 1 aromatic rings. The van der Waals surface area contributed by atoms with E-state index in [1.807, 2.05) is 0 Å². The van der Waals surface area contributed by atoms with Crippen molar-refractivity contribution in [3.63, 3.8) is 0 Å². The van der Waals surface area contributed by atoms with Crippen LogP contribution in [0.2, 0.25) is 5.02 Å². The summed E-state index contributed by atoms with van der Waals surface area (Å²) < 4.78 is 27.0. The minimum Gasteiger partial charge on any atom is -0.314 e. The van der Waals surface area contributed by atoms with E-state index in [-0.39, 0.29) is 5.75 Å². The van der Waals surface area contributed by atoms with Gasteiger partial charge in [0.15, 0.2) is 0 Å². The lowest BCUT2D eigenvalue weighted by Crippen LogP contribution is -2.23. The normalized spacial score (nSPS) is 15.5. The molecule has 1 aliphatic carbocycles. The highest BCUT2D eigenvalue weighted by atomic mass is 79.9. The molecule has 2 N–H and O–H groups in total. The van der Waals surface area contributed by atoms with E-state index in [0.717, 1.165) is 6.54 Å². The fourth-order valence-corrected chi connectivity index (χ4v) is 3.46. The molecule has 1 saturated carbocycles. The maximum atomic E-state index is 11.9. The number of nitrogens with one attached hydrogen (secondary N) is 2. The van der Waals surface area contributed by atoms with Crippen molar-refractivity contribution in [3.05, 3.63) is 27.7 Å². The third kappa shape index (κ3) is 4.95. The Labute approximate surface area is 127 Å². The smallest absolute Gasteiger partial charge is 0.232 e. The Morgan fingerprint density at radius 3 is 2.79 bits per heavy atom. The summed E-state index contributed by atoms with van der Waals surface area (Å²) in [7, 11) is -3.33. The molecule has 4 nitrogen and oxygen atoms in total. The monoisotopic (exact) mass is 366 g/mol. The molecule has 0 unspecified atom stereocenters. The van der Waals surface area contributed by atoms with Crippen molar-refractivity contribution in [3.8, 4) is 0 Å². The molecule has 0 aromatic heterocycles. The van der Waals surface area contributed by atoms with Crippen LogP contribution in [0.3, 0.4) is 0 Å². The Morgan fingerprint density at radius 2 is 2.11 bits per heavy atom. The van der Waals surface area contributed by atoms with Gasteiger partial charge in [0.2, 0.25) is 10.0 Å². The lowest BCUT2D eigenvalue weighted by Gasteiger charge is -2.10. The van der Waals surface area contributed by atoms with Crippen LogP contribution in [0.15, 0.2) is 22.7 Å². The second kappa shape index (κ2) is 6.43. The maximum Gasteiger partial charge on any atom is 0.232 e. The third-order valence-corrected chi connectivity index (χ3v) is 5.57. The van der Waals surface area contributed by atoms with Crippen LogP contribution >= 0.6 is 27.5 Å². The molecule has 0 saturated heterocycles. The highest BCUT2D eigenvalue weighted by Crippen LogP contribution is 2.30. The van der Waals surface area contributed by atoms with E-state index in [1.165, 1.54) is 12.8 Å². The molecule has 0 aliphatic heterocycles. The number of halogens is 2. The molecule has 7 heteroatoms. The maximum absolute atomic E-state index is 11.9. The molecule has 19 heavy (non-hydrogen) atoms. The van der Waals surface area contributed by atoms with Gasteiger partial charge >= 0.3 is 0 Å². The molecule has 0 atom stereocenters. The van der Waals surface area contributed by atoms with E-state index in [2.05, 4.69) is 26.0 Å². The predicted octanol–water partition coefficient (Wildman–Crippen LogP) is 2.99. The van der Waals surface area contributed by atoms with Crippen molar-refractivity contribution in [1.29, 1.82) is 0 Å². The predicted molar refractivity (Wildman–Crippen MR) is 82.2 cm³/mol. The molecule has 1 aliphatic rings. The third-order valence-electron chi connectivity index (χ3n) is 2.82. The van der Waals surface area contributed by atoms with Crippen molar-refractivity contribution in [2.45, 2.75) is 25.3 Å². The quantitative estimate of drug-likeness (QED) is 0.728. The molecule has 0 radical (unpaired) electrons. The van der Waals surface area contributed by atoms with Gasteiger partial charge in [-0.05, 0) is 53.9 Å². The largest absolute Gasteiger partial charge is 0.314 e. The minimum atomic E-state index is -3.33. The van der Waals surface area contributed by atoms with Gasteiger partial charge in [-0.15, -0.1) is 0 Å². The van der Waals surface area contributed by atoms with Gasteiger partial charge in [0.1, 0.15) is 0 Å². The highest BCUT2D eigenvalue weighted by Gasteiger charge is 2.20. The summed E-state index contributed by atoms with van der Waals surface area (Å²) in [6.07, 6.45) is 3.02. The average Bonchev–Trinajstić information content (AvgIpc) is 3.15. The van der Waals surface area contributed by atoms with Crippen LogP contribution in [-0.2, 0) is 10.0 Å². The van der Waals surface area contributed by atoms with Gasteiger partial charge in [0, 0.05) is 6.04 Å². The number of hydrogen-bond donors (Lipinski definition) is 2. The van der Waals surface area contributed by atoms with Gasteiger partial charge in [-0.2, -0.15) is 0 Å². The van der Waals surface area contributed by atoms with Crippen LogP contribution in [-0.4, -0.2) is 26.8 Å². The van der Waals surface area contributed by atoms with Crippen LogP contribution in [0.25, 0.3) is 0 Å². The average molecular weight is 368 g/mol. The van der Waals surface area contributed by atoms with E-state index in [4.69, 9.17) is 11.6 Å². The summed E-state index contributed by atoms with van der Waals surface area (Å²) in [5.41, 5.74) is 0.475. The summed E-state index contributed by atoms with van der Waals surface area (Å²) in [6.45, 7) is 0.738. The Kier molecular flexibility index (Phi) is 5.11. The van der Waals surface area contributed by atoms with Crippen molar-refractivity contribution < 1.29 is 8.42 Å².